The van der Waals surface area contributed by atoms with Gasteiger partial charge in [-0.2, -0.15) is 0 Å². The topological polar surface area (TPSA) is 54.5 Å². The summed E-state index contributed by atoms with van der Waals surface area (Å²) in [5, 5.41) is 0. The van der Waals surface area contributed by atoms with Crippen LogP contribution in [0.4, 0.5) is 0 Å². The van der Waals surface area contributed by atoms with Gasteiger partial charge in [-0.1, -0.05) is 0 Å². The SMILES string of the molecule is CC(=O)CC(=O)N(C)C=O. The fourth-order valence-corrected chi connectivity index (χ4v) is 0.396. The summed E-state index contributed by atoms with van der Waals surface area (Å²) in [4.78, 5) is 31.7. The number of hydrogen-bond acceptors (Lipinski definition) is 3. The Balaban J connectivity index is 3.84. The second kappa shape index (κ2) is 3.76. The zero-order valence-electron chi connectivity index (χ0n) is 5.96. The molecule has 0 unspecified atom stereocenters. The highest BCUT2D eigenvalue weighted by Crippen LogP contribution is 1.87. The van der Waals surface area contributed by atoms with Crippen molar-refractivity contribution in [2.45, 2.75) is 13.3 Å². The summed E-state index contributed by atoms with van der Waals surface area (Å²) >= 11 is 0. The Hall–Kier alpha value is -1.19. The second-order valence-electron chi connectivity index (χ2n) is 1.99. The van der Waals surface area contributed by atoms with Gasteiger partial charge >= 0.3 is 0 Å². The molecule has 4 heteroatoms. The highest BCUT2D eigenvalue weighted by Gasteiger charge is 2.08. The average molecular weight is 143 g/mol. The van der Waals surface area contributed by atoms with Crippen molar-refractivity contribution in [2.24, 2.45) is 0 Å². The minimum Gasteiger partial charge on any atom is -0.299 e. The van der Waals surface area contributed by atoms with Crippen molar-refractivity contribution >= 4 is 18.1 Å². The summed E-state index contributed by atoms with van der Waals surface area (Å²) in [7, 11) is 1.32. The third-order valence-corrected chi connectivity index (χ3v) is 0.952. The summed E-state index contributed by atoms with van der Waals surface area (Å²) < 4.78 is 0. The lowest BCUT2D eigenvalue weighted by Gasteiger charge is -2.05. The number of amides is 2. The maximum absolute atomic E-state index is 10.7. The number of imide groups is 1. The number of hydrogen-bond donors (Lipinski definition) is 0. The van der Waals surface area contributed by atoms with Gasteiger partial charge in [-0.25, -0.2) is 0 Å². The molecule has 0 aromatic carbocycles. The Morgan fingerprint density at radius 3 is 2.30 bits per heavy atom. The van der Waals surface area contributed by atoms with Gasteiger partial charge in [-0.3, -0.25) is 19.3 Å². The third kappa shape index (κ3) is 2.96. The third-order valence-electron chi connectivity index (χ3n) is 0.952. The Morgan fingerprint density at radius 2 is 2.00 bits per heavy atom. The van der Waals surface area contributed by atoms with Crippen LogP contribution in [-0.4, -0.2) is 30.0 Å². The van der Waals surface area contributed by atoms with Crippen molar-refractivity contribution in [3.63, 3.8) is 0 Å². The van der Waals surface area contributed by atoms with Crippen molar-refractivity contribution in [2.75, 3.05) is 7.05 Å². The Morgan fingerprint density at radius 1 is 1.50 bits per heavy atom. The number of rotatable bonds is 3. The van der Waals surface area contributed by atoms with E-state index in [-0.39, 0.29) is 12.2 Å². The smallest absolute Gasteiger partial charge is 0.236 e. The first-order chi connectivity index (χ1) is 4.57. The Bertz CT molecular complexity index is 164. The maximum atomic E-state index is 10.7. The lowest BCUT2D eigenvalue weighted by atomic mass is 10.3. The fraction of sp³-hybridized carbons (Fsp3) is 0.500. The Labute approximate surface area is 58.8 Å². The predicted octanol–water partition coefficient (Wildman–Crippen LogP) is -0.420. The summed E-state index contributed by atoms with van der Waals surface area (Å²) in [6.45, 7) is 1.30. The van der Waals surface area contributed by atoms with E-state index in [1.165, 1.54) is 14.0 Å². The van der Waals surface area contributed by atoms with E-state index in [4.69, 9.17) is 0 Å². The van der Waals surface area contributed by atoms with Gasteiger partial charge in [0, 0.05) is 7.05 Å². The molecule has 0 radical (unpaired) electrons. The van der Waals surface area contributed by atoms with Crippen LogP contribution in [0.15, 0.2) is 0 Å². The van der Waals surface area contributed by atoms with E-state index < -0.39 is 5.91 Å². The molecule has 0 heterocycles. The summed E-state index contributed by atoms with van der Waals surface area (Å²) in [6.07, 6.45) is 0.181. The molecule has 0 aliphatic heterocycles. The van der Waals surface area contributed by atoms with Crippen molar-refractivity contribution in [3.05, 3.63) is 0 Å². The number of Topliss-reactive ketones (excluding diaryl/α,β-unsaturated/α-hetero) is 1. The number of ketones is 1. The minimum atomic E-state index is -0.470. The molecule has 0 aromatic heterocycles. The average Bonchev–Trinajstić information content (AvgIpc) is 1.85. The van der Waals surface area contributed by atoms with Crippen molar-refractivity contribution < 1.29 is 14.4 Å². The monoisotopic (exact) mass is 143 g/mol. The summed E-state index contributed by atoms with van der Waals surface area (Å²) in [5.74, 6) is -0.707. The van der Waals surface area contributed by atoms with Crippen molar-refractivity contribution in [1.29, 1.82) is 0 Å². The number of carbonyl (C=O) groups excluding carboxylic acids is 3. The van der Waals surface area contributed by atoms with Gasteiger partial charge in [0.25, 0.3) is 0 Å². The first-order valence-corrected chi connectivity index (χ1v) is 2.78. The van der Waals surface area contributed by atoms with Gasteiger partial charge in [-0.05, 0) is 6.92 Å². The van der Waals surface area contributed by atoms with Crippen LogP contribution >= 0.6 is 0 Å². The normalized spacial score (nSPS) is 8.60. The quantitative estimate of drug-likeness (QED) is 0.398. The maximum Gasteiger partial charge on any atom is 0.236 e. The molecule has 0 aliphatic rings. The van der Waals surface area contributed by atoms with Crippen LogP contribution in [0.25, 0.3) is 0 Å². The first-order valence-electron chi connectivity index (χ1n) is 2.78. The van der Waals surface area contributed by atoms with E-state index in [1.54, 1.807) is 0 Å². The van der Waals surface area contributed by atoms with Crippen molar-refractivity contribution in [3.8, 4) is 0 Å². The first kappa shape index (κ1) is 8.81. The largest absolute Gasteiger partial charge is 0.299 e. The van der Waals surface area contributed by atoms with E-state index in [9.17, 15) is 14.4 Å². The molecule has 0 fully saturated rings. The Kier molecular flexibility index (Phi) is 3.32. The molecule has 0 bridgehead atoms. The van der Waals surface area contributed by atoms with Crippen LogP contribution in [0.1, 0.15) is 13.3 Å². The number of nitrogens with zero attached hydrogens (tertiary/aromatic N) is 1. The molecule has 10 heavy (non-hydrogen) atoms. The molecule has 0 saturated heterocycles. The van der Waals surface area contributed by atoms with Crippen LogP contribution in [0.5, 0.6) is 0 Å². The molecule has 4 nitrogen and oxygen atoms in total. The highest BCUT2D eigenvalue weighted by molar-refractivity contribution is 6.00. The molecule has 0 rings (SSSR count). The molecule has 0 atom stereocenters. The van der Waals surface area contributed by atoms with Crippen LogP contribution in [0, 0.1) is 0 Å². The van der Waals surface area contributed by atoms with Gasteiger partial charge in [0.15, 0.2) is 0 Å². The molecule has 0 aliphatic carbocycles. The molecule has 0 saturated carbocycles. The molecule has 2 amide bonds. The van der Waals surface area contributed by atoms with Gasteiger partial charge in [-0.15, -0.1) is 0 Å². The van der Waals surface area contributed by atoms with E-state index in [2.05, 4.69) is 0 Å². The van der Waals surface area contributed by atoms with Crippen LogP contribution in [0.2, 0.25) is 0 Å². The van der Waals surface area contributed by atoms with Gasteiger partial charge in [0.05, 0.1) is 6.42 Å². The zero-order valence-corrected chi connectivity index (χ0v) is 5.96. The molecule has 0 N–H and O–H groups in total. The standard InChI is InChI=1S/C6H9NO3/c1-5(9)3-6(10)7(2)4-8/h4H,3H2,1-2H3. The van der Waals surface area contributed by atoms with Gasteiger partial charge in [0.2, 0.25) is 12.3 Å². The molecule has 0 aromatic rings. The summed E-state index contributed by atoms with van der Waals surface area (Å²) in [6, 6.07) is 0. The fourth-order valence-electron chi connectivity index (χ4n) is 0.396. The lowest BCUT2D eigenvalue weighted by Crippen LogP contribution is -2.26. The molecular formula is C6H9NO3. The van der Waals surface area contributed by atoms with Crippen LogP contribution in [-0.2, 0) is 14.4 Å². The minimum absolute atomic E-state index is 0.199. The van der Waals surface area contributed by atoms with Crippen LogP contribution in [0.3, 0.4) is 0 Å². The van der Waals surface area contributed by atoms with Crippen LogP contribution < -0.4 is 0 Å². The van der Waals surface area contributed by atoms with Gasteiger partial charge < -0.3 is 0 Å². The van der Waals surface area contributed by atoms with E-state index in [0.29, 0.717) is 6.41 Å². The highest BCUT2D eigenvalue weighted by atomic mass is 16.2. The molecular weight excluding hydrogens is 134 g/mol. The van der Waals surface area contributed by atoms with E-state index in [0.717, 1.165) is 4.90 Å². The second-order valence-corrected chi connectivity index (χ2v) is 1.99. The lowest BCUT2D eigenvalue weighted by molar-refractivity contribution is -0.138. The molecule has 0 spiro atoms. The van der Waals surface area contributed by atoms with E-state index in [1.807, 2.05) is 0 Å². The van der Waals surface area contributed by atoms with E-state index >= 15 is 0 Å². The zero-order chi connectivity index (χ0) is 8.15. The molecule has 56 valence electrons. The number of carbonyl (C=O) groups is 3. The van der Waals surface area contributed by atoms with Crippen molar-refractivity contribution in [1.82, 2.24) is 4.90 Å². The predicted molar refractivity (Wildman–Crippen MR) is 34.1 cm³/mol. The summed E-state index contributed by atoms with van der Waals surface area (Å²) in [5.41, 5.74) is 0. The van der Waals surface area contributed by atoms with Gasteiger partial charge in [0.1, 0.15) is 5.78 Å².